The first kappa shape index (κ1) is 54.2. The highest BCUT2D eigenvalue weighted by molar-refractivity contribution is 5.88. The zero-order valence-corrected chi connectivity index (χ0v) is 38.7. The smallest absolute Gasteiger partial charge is 0.335 e. The summed E-state index contributed by atoms with van der Waals surface area (Å²) in [7, 11) is 0. The van der Waals surface area contributed by atoms with Crippen LogP contribution in [0.3, 0.4) is 0 Å². The molecular weight excluding hydrogens is 724 g/mol. The summed E-state index contributed by atoms with van der Waals surface area (Å²) in [6, 6.07) is 10.3. The highest BCUT2D eigenvalue weighted by Crippen LogP contribution is 2.27. The Morgan fingerprint density at radius 3 is 2.12 bits per heavy atom. The standard InChI is InChI=1S/C24H45N.C13H18O2.C10H12FNO.C4H8O/c1-8-10-17-23(15-9-2)25-24(19-20(3)4)18-14-12-11-13-16-22(7)21(5)6;1-8(2)10(4)12-7-11(13(14)15)6-5-9(12)3;1-7(2)6-13-10-4-3-8(12)5-9(10)11;1-2-4-5-3-1/h10,15,17,20,24-25H,8-9,11-14,16,18-19H2,1-7H3;5-8,10H,1-4H3,(H,14,15);3-5H,1,6,12H2,2H3;1-4H2/b17-10-,23-15-;;;. The van der Waals surface area contributed by atoms with E-state index >= 15 is 0 Å². The Morgan fingerprint density at radius 1 is 0.966 bits per heavy atom. The van der Waals surface area contributed by atoms with Gasteiger partial charge in [0.2, 0.25) is 0 Å². The van der Waals surface area contributed by atoms with Crippen molar-refractivity contribution in [2.75, 3.05) is 25.6 Å². The lowest BCUT2D eigenvalue weighted by Crippen LogP contribution is -2.29. The first-order valence-electron chi connectivity index (χ1n) is 21.9. The number of hydrogen-bond donors (Lipinski definition) is 3. The second-order valence-corrected chi connectivity index (χ2v) is 16.7. The molecule has 1 heterocycles. The molecule has 1 saturated heterocycles. The first-order chi connectivity index (χ1) is 27.4. The Balaban J connectivity index is 0.000000832. The van der Waals surface area contributed by atoms with Gasteiger partial charge >= 0.3 is 5.97 Å². The largest absolute Gasteiger partial charge is 0.486 e. The van der Waals surface area contributed by atoms with E-state index in [1.807, 2.05) is 19.9 Å². The molecule has 6 nitrogen and oxygen atoms in total. The Bertz CT molecular complexity index is 1530. The minimum absolute atomic E-state index is 0.206. The number of carboxylic acids is 1. The number of aromatic carboxylic acids is 1. The molecule has 4 N–H and O–H groups in total. The van der Waals surface area contributed by atoms with Crippen LogP contribution in [0.4, 0.5) is 10.1 Å². The SMILES string of the molecule is C1CCOC1.C=C(C)COc1ccc(N)cc1F.CC/C=C\C(=C\CC)NC(CCCCCCC(C)=C(C)C)CC(C)C.Cc1ccc(C(=O)O)cc1C(C)C(C)C. The maximum absolute atomic E-state index is 13.1. The van der Waals surface area contributed by atoms with Gasteiger partial charge in [-0.15, -0.1) is 0 Å². The summed E-state index contributed by atoms with van der Waals surface area (Å²) in [6.07, 6.45) is 20.8. The zero-order chi connectivity index (χ0) is 44.0. The zero-order valence-electron chi connectivity index (χ0n) is 38.7. The van der Waals surface area contributed by atoms with Crippen LogP contribution in [0, 0.1) is 24.6 Å². The maximum atomic E-state index is 13.1. The molecule has 2 unspecified atom stereocenters. The van der Waals surface area contributed by atoms with Gasteiger partial charge < -0.3 is 25.6 Å². The minimum Gasteiger partial charge on any atom is -0.486 e. The van der Waals surface area contributed by atoms with Crippen molar-refractivity contribution in [2.45, 2.75) is 166 Å². The van der Waals surface area contributed by atoms with Gasteiger partial charge in [-0.05, 0) is 151 Å². The summed E-state index contributed by atoms with van der Waals surface area (Å²) in [6.45, 7) is 32.1. The van der Waals surface area contributed by atoms with Crippen LogP contribution in [-0.4, -0.2) is 36.9 Å². The average molecular weight is 807 g/mol. The summed E-state index contributed by atoms with van der Waals surface area (Å²) in [5.74, 6) is 0.568. The molecule has 1 aliphatic heterocycles. The number of nitrogens with two attached hydrogens (primary N) is 1. The number of rotatable bonds is 20. The third kappa shape index (κ3) is 26.2. The van der Waals surface area contributed by atoms with Crippen molar-refractivity contribution >= 4 is 11.7 Å². The fraction of sp³-hybridized carbons (Fsp3) is 0.588. The number of anilines is 1. The van der Waals surface area contributed by atoms with Crippen molar-refractivity contribution in [1.82, 2.24) is 5.32 Å². The number of unbranched alkanes of at least 4 members (excludes halogenated alkanes) is 3. The van der Waals surface area contributed by atoms with E-state index in [9.17, 15) is 9.18 Å². The molecule has 0 bridgehead atoms. The number of aryl methyl sites for hydroxylation is 1. The average Bonchev–Trinajstić information content (AvgIpc) is 3.75. The molecule has 0 saturated carbocycles. The van der Waals surface area contributed by atoms with E-state index in [-0.39, 0.29) is 5.75 Å². The Morgan fingerprint density at radius 2 is 1.62 bits per heavy atom. The molecule has 0 radical (unpaired) electrons. The molecule has 0 spiro atoms. The number of allylic oxidation sites excluding steroid dienone is 5. The van der Waals surface area contributed by atoms with Crippen LogP contribution >= 0.6 is 0 Å². The van der Waals surface area contributed by atoms with E-state index in [4.69, 9.17) is 20.3 Å². The highest BCUT2D eigenvalue weighted by Gasteiger charge is 2.15. The van der Waals surface area contributed by atoms with Gasteiger partial charge in [0.25, 0.3) is 0 Å². The van der Waals surface area contributed by atoms with E-state index in [1.165, 1.54) is 86.8 Å². The van der Waals surface area contributed by atoms with Crippen LogP contribution in [0.2, 0.25) is 0 Å². The van der Waals surface area contributed by atoms with Crippen LogP contribution in [0.15, 0.2) is 83.6 Å². The molecule has 0 aliphatic carbocycles. The molecule has 1 fully saturated rings. The third-order valence-corrected chi connectivity index (χ3v) is 10.1. The molecule has 328 valence electrons. The van der Waals surface area contributed by atoms with Gasteiger partial charge in [0, 0.05) is 36.7 Å². The number of benzene rings is 2. The molecule has 0 aromatic heterocycles. The highest BCUT2D eigenvalue weighted by atomic mass is 19.1. The van der Waals surface area contributed by atoms with Crippen molar-refractivity contribution in [1.29, 1.82) is 0 Å². The quantitative estimate of drug-likeness (QED) is 0.0534. The number of carbonyl (C=O) groups is 1. The number of halogens is 1. The van der Waals surface area contributed by atoms with Gasteiger partial charge in [-0.25, -0.2) is 9.18 Å². The van der Waals surface area contributed by atoms with Gasteiger partial charge in [0.15, 0.2) is 11.6 Å². The van der Waals surface area contributed by atoms with Crippen molar-refractivity contribution in [3.8, 4) is 5.75 Å². The lowest BCUT2D eigenvalue weighted by molar-refractivity contribution is 0.0696. The van der Waals surface area contributed by atoms with Gasteiger partial charge in [0.1, 0.15) is 6.61 Å². The summed E-state index contributed by atoms with van der Waals surface area (Å²) in [4.78, 5) is 10.9. The van der Waals surface area contributed by atoms with Crippen LogP contribution in [-0.2, 0) is 4.74 Å². The number of nitrogens with one attached hydrogen (secondary N) is 1. The summed E-state index contributed by atoms with van der Waals surface area (Å²) < 4.78 is 23.1. The molecule has 3 rings (SSSR count). The molecule has 2 aromatic rings. The van der Waals surface area contributed by atoms with Gasteiger partial charge in [-0.2, -0.15) is 0 Å². The Labute approximate surface area is 354 Å². The van der Waals surface area contributed by atoms with Crippen LogP contribution in [0.1, 0.15) is 174 Å². The Hall–Kier alpha value is -3.84. The topological polar surface area (TPSA) is 93.8 Å². The number of ether oxygens (including phenoxy) is 2. The van der Waals surface area contributed by atoms with Gasteiger partial charge in [0.05, 0.1) is 5.56 Å². The fourth-order valence-electron chi connectivity index (χ4n) is 6.05. The molecule has 1 aliphatic rings. The van der Waals surface area contributed by atoms with E-state index in [1.54, 1.807) is 23.8 Å². The number of carboxylic acid groups (broad SMARTS) is 1. The summed E-state index contributed by atoms with van der Waals surface area (Å²) >= 11 is 0. The fourth-order valence-corrected chi connectivity index (χ4v) is 6.05. The second-order valence-electron chi connectivity index (χ2n) is 16.7. The van der Waals surface area contributed by atoms with Gasteiger partial charge in [-0.3, -0.25) is 0 Å². The third-order valence-electron chi connectivity index (χ3n) is 10.1. The number of nitrogen functional groups attached to an aromatic ring is 1. The first-order valence-corrected chi connectivity index (χ1v) is 21.9. The molecule has 7 heteroatoms. The molecule has 0 amide bonds. The van der Waals surface area contributed by atoms with Crippen molar-refractivity contribution in [3.05, 3.63) is 106 Å². The van der Waals surface area contributed by atoms with Crippen LogP contribution in [0.5, 0.6) is 5.75 Å². The maximum Gasteiger partial charge on any atom is 0.335 e. The monoisotopic (exact) mass is 807 g/mol. The Kier molecular flexibility index (Phi) is 29.9. The predicted octanol–water partition coefficient (Wildman–Crippen LogP) is 14.6. The molecular formula is C51H83FN2O4. The molecule has 2 atom stereocenters. The second kappa shape index (κ2) is 32.1. The van der Waals surface area contributed by atoms with Crippen molar-refractivity contribution in [2.24, 2.45) is 11.8 Å². The van der Waals surface area contributed by atoms with E-state index in [0.29, 0.717) is 35.7 Å². The lowest BCUT2D eigenvalue weighted by Gasteiger charge is -2.22. The van der Waals surface area contributed by atoms with Gasteiger partial charge in [-0.1, -0.05) is 104 Å². The molecule has 58 heavy (non-hydrogen) atoms. The van der Waals surface area contributed by atoms with Crippen molar-refractivity contribution < 1.29 is 23.8 Å². The van der Waals surface area contributed by atoms with Crippen LogP contribution < -0.4 is 15.8 Å². The van der Waals surface area contributed by atoms with E-state index in [2.05, 4.69) is 99.4 Å². The van der Waals surface area contributed by atoms with Crippen LogP contribution in [0.25, 0.3) is 0 Å². The van der Waals surface area contributed by atoms with E-state index in [0.717, 1.165) is 43.1 Å². The van der Waals surface area contributed by atoms with Crippen molar-refractivity contribution in [3.63, 3.8) is 0 Å². The lowest BCUT2D eigenvalue weighted by atomic mass is 9.86. The summed E-state index contributed by atoms with van der Waals surface area (Å²) in [5, 5.41) is 12.7. The number of hydrogen-bond acceptors (Lipinski definition) is 5. The molecule has 2 aromatic carbocycles. The van der Waals surface area contributed by atoms with E-state index < -0.39 is 11.8 Å². The summed E-state index contributed by atoms with van der Waals surface area (Å²) in [5.41, 5.74) is 13.7. The predicted molar refractivity (Wildman–Crippen MR) is 248 cm³/mol. The normalized spacial score (nSPS) is 13.4. The minimum atomic E-state index is -0.854.